The Morgan fingerprint density at radius 1 is 1.48 bits per heavy atom. The van der Waals surface area contributed by atoms with Crippen molar-refractivity contribution in [2.75, 3.05) is 26.2 Å². The largest absolute Gasteiger partial charge is 0.416 e. The molecule has 0 bridgehead atoms. The van der Waals surface area contributed by atoms with Crippen molar-refractivity contribution in [2.24, 2.45) is 5.73 Å². The van der Waals surface area contributed by atoms with Gasteiger partial charge < -0.3 is 15.4 Å². The Morgan fingerprint density at radius 2 is 2.19 bits per heavy atom. The number of halogens is 4. The number of hydrogen-bond acceptors (Lipinski definition) is 3. The predicted octanol–water partition coefficient (Wildman–Crippen LogP) is 2.27. The van der Waals surface area contributed by atoms with E-state index in [9.17, 15) is 18.0 Å². The average molecular weight is 367 g/mol. The highest BCUT2D eigenvalue weighted by Crippen LogP contribution is 2.32. The lowest BCUT2D eigenvalue weighted by atomic mass is 10.1. The van der Waals surface area contributed by atoms with Gasteiger partial charge in [-0.3, -0.25) is 4.79 Å². The minimum Gasteiger partial charge on any atom is -0.373 e. The SMILES string of the molecule is NCC1CN(C(=O)c2cc(C(F)(F)F)ccc2Br)CCO1. The summed E-state index contributed by atoms with van der Waals surface area (Å²) in [6, 6.07) is 3.03. The number of hydrogen-bond donors (Lipinski definition) is 1. The lowest BCUT2D eigenvalue weighted by molar-refractivity contribution is -0.137. The maximum absolute atomic E-state index is 12.7. The van der Waals surface area contributed by atoms with Gasteiger partial charge in [-0.25, -0.2) is 0 Å². The molecule has 1 saturated heterocycles. The number of benzene rings is 1. The Hall–Kier alpha value is -1.12. The van der Waals surface area contributed by atoms with Crippen LogP contribution in [0.1, 0.15) is 15.9 Å². The summed E-state index contributed by atoms with van der Waals surface area (Å²) in [5.41, 5.74) is 4.63. The van der Waals surface area contributed by atoms with Crippen molar-refractivity contribution in [2.45, 2.75) is 12.3 Å². The molecule has 2 N–H and O–H groups in total. The van der Waals surface area contributed by atoms with E-state index >= 15 is 0 Å². The van der Waals surface area contributed by atoms with E-state index in [4.69, 9.17) is 10.5 Å². The second-order valence-electron chi connectivity index (χ2n) is 4.67. The van der Waals surface area contributed by atoms with E-state index < -0.39 is 17.6 Å². The molecule has 1 heterocycles. The molecule has 1 fully saturated rings. The highest BCUT2D eigenvalue weighted by molar-refractivity contribution is 9.10. The Morgan fingerprint density at radius 3 is 2.81 bits per heavy atom. The Labute approximate surface area is 128 Å². The number of morpholine rings is 1. The van der Waals surface area contributed by atoms with Crippen LogP contribution in [0.5, 0.6) is 0 Å². The van der Waals surface area contributed by atoms with Gasteiger partial charge in [0.15, 0.2) is 0 Å². The first-order valence-electron chi connectivity index (χ1n) is 6.30. The Bertz CT molecular complexity index is 537. The third kappa shape index (κ3) is 3.75. The van der Waals surface area contributed by atoms with E-state index in [1.807, 2.05) is 0 Å². The van der Waals surface area contributed by atoms with Crippen molar-refractivity contribution in [3.63, 3.8) is 0 Å². The standard InChI is InChI=1S/C13H14BrF3N2O2/c14-11-2-1-8(13(15,16)17)5-10(11)12(20)19-3-4-21-9(6-18)7-19/h1-2,5,9H,3-4,6-7,18H2. The van der Waals surface area contributed by atoms with Gasteiger partial charge in [-0.1, -0.05) is 0 Å². The summed E-state index contributed by atoms with van der Waals surface area (Å²) in [6.07, 6.45) is -4.77. The van der Waals surface area contributed by atoms with Gasteiger partial charge in [0.1, 0.15) is 0 Å². The van der Waals surface area contributed by atoms with E-state index in [0.29, 0.717) is 17.6 Å². The number of rotatable bonds is 2. The molecule has 0 aliphatic carbocycles. The quantitative estimate of drug-likeness (QED) is 0.873. The molecule has 0 radical (unpaired) electrons. The number of carbonyl (C=O) groups excluding carboxylic acids is 1. The van der Waals surface area contributed by atoms with Crippen molar-refractivity contribution in [1.29, 1.82) is 0 Å². The third-order valence-electron chi connectivity index (χ3n) is 3.21. The zero-order valence-electron chi connectivity index (χ0n) is 11.0. The molecule has 0 spiro atoms. The van der Waals surface area contributed by atoms with Crippen LogP contribution in [0.4, 0.5) is 13.2 Å². The van der Waals surface area contributed by atoms with Crippen LogP contribution in [0.3, 0.4) is 0 Å². The van der Waals surface area contributed by atoms with Crippen molar-refractivity contribution in [3.05, 3.63) is 33.8 Å². The monoisotopic (exact) mass is 366 g/mol. The normalized spacial score (nSPS) is 19.7. The number of nitrogens with two attached hydrogens (primary N) is 1. The fraction of sp³-hybridized carbons (Fsp3) is 0.462. The van der Waals surface area contributed by atoms with Gasteiger partial charge >= 0.3 is 6.18 Å². The molecule has 8 heteroatoms. The van der Waals surface area contributed by atoms with Crippen LogP contribution in [0.15, 0.2) is 22.7 Å². The van der Waals surface area contributed by atoms with E-state index in [2.05, 4.69) is 15.9 Å². The molecule has 1 amide bonds. The molecule has 21 heavy (non-hydrogen) atoms. The van der Waals surface area contributed by atoms with Gasteiger partial charge in [0, 0.05) is 24.1 Å². The molecular weight excluding hydrogens is 353 g/mol. The summed E-state index contributed by atoms with van der Waals surface area (Å²) in [6.45, 7) is 1.19. The second kappa shape index (κ2) is 6.33. The number of ether oxygens (including phenoxy) is 1. The average Bonchev–Trinajstić information content (AvgIpc) is 2.46. The smallest absolute Gasteiger partial charge is 0.373 e. The van der Waals surface area contributed by atoms with Gasteiger partial charge in [0.25, 0.3) is 5.91 Å². The maximum Gasteiger partial charge on any atom is 0.416 e. The molecule has 1 aromatic carbocycles. The van der Waals surface area contributed by atoms with Crippen molar-refractivity contribution in [1.82, 2.24) is 4.90 Å². The molecule has 1 aliphatic rings. The summed E-state index contributed by atoms with van der Waals surface area (Å²) in [5.74, 6) is -0.463. The van der Waals surface area contributed by atoms with E-state index in [-0.39, 0.29) is 24.8 Å². The second-order valence-corrected chi connectivity index (χ2v) is 5.53. The molecule has 1 unspecified atom stereocenters. The van der Waals surface area contributed by atoms with Crippen molar-refractivity contribution < 1.29 is 22.7 Å². The number of nitrogens with zero attached hydrogens (tertiary/aromatic N) is 1. The first kappa shape index (κ1) is 16.3. The summed E-state index contributed by atoms with van der Waals surface area (Å²) in [7, 11) is 0. The van der Waals surface area contributed by atoms with E-state index in [1.165, 1.54) is 11.0 Å². The van der Waals surface area contributed by atoms with Crippen LogP contribution in [-0.4, -0.2) is 43.2 Å². The third-order valence-corrected chi connectivity index (χ3v) is 3.90. The van der Waals surface area contributed by atoms with Gasteiger partial charge in [-0.05, 0) is 34.1 Å². The van der Waals surface area contributed by atoms with Gasteiger partial charge in [-0.2, -0.15) is 13.2 Å². The fourth-order valence-electron chi connectivity index (χ4n) is 2.08. The van der Waals surface area contributed by atoms with Crippen LogP contribution < -0.4 is 5.73 Å². The van der Waals surface area contributed by atoms with Crippen molar-refractivity contribution in [3.8, 4) is 0 Å². The molecule has 0 saturated carbocycles. The molecular formula is C13H14BrF3N2O2. The molecule has 4 nitrogen and oxygen atoms in total. The van der Waals surface area contributed by atoms with Crippen LogP contribution >= 0.6 is 15.9 Å². The first-order valence-corrected chi connectivity index (χ1v) is 7.10. The molecule has 0 aromatic heterocycles. The lowest BCUT2D eigenvalue weighted by Crippen LogP contribution is -2.48. The van der Waals surface area contributed by atoms with Gasteiger partial charge in [0.05, 0.1) is 23.8 Å². The zero-order valence-corrected chi connectivity index (χ0v) is 12.6. The summed E-state index contributed by atoms with van der Waals surface area (Å²) in [4.78, 5) is 13.9. The van der Waals surface area contributed by atoms with Crippen LogP contribution in [0, 0.1) is 0 Å². The van der Waals surface area contributed by atoms with Crippen molar-refractivity contribution >= 4 is 21.8 Å². The van der Waals surface area contributed by atoms with E-state index in [0.717, 1.165) is 12.1 Å². The molecule has 1 atom stereocenters. The van der Waals surface area contributed by atoms with Crippen LogP contribution in [0.25, 0.3) is 0 Å². The highest BCUT2D eigenvalue weighted by atomic mass is 79.9. The maximum atomic E-state index is 12.7. The van der Waals surface area contributed by atoms with Crippen LogP contribution in [-0.2, 0) is 10.9 Å². The predicted molar refractivity (Wildman–Crippen MR) is 73.8 cm³/mol. The Kier molecular flexibility index (Phi) is 4.90. The molecule has 1 aliphatic heterocycles. The number of alkyl halides is 3. The minimum atomic E-state index is -4.49. The lowest BCUT2D eigenvalue weighted by Gasteiger charge is -2.32. The topological polar surface area (TPSA) is 55.6 Å². The van der Waals surface area contributed by atoms with E-state index in [1.54, 1.807) is 0 Å². The highest BCUT2D eigenvalue weighted by Gasteiger charge is 2.33. The summed E-state index contributed by atoms with van der Waals surface area (Å²) >= 11 is 3.13. The van der Waals surface area contributed by atoms with Gasteiger partial charge in [-0.15, -0.1) is 0 Å². The zero-order chi connectivity index (χ0) is 15.6. The van der Waals surface area contributed by atoms with Crippen LogP contribution in [0.2, 0.25) is 0 Å². The number of amides is 1. The Balaban J connectivity index is 2.26. The summed E-state index contributed by atoms with van der Waals surface area (Å²) in [5, 5.41) is 0. The molecule has 116 valence electrons. The number of carbonyl (C=O) groups is 1. The molecule has 2 rings (SSSR count). The first-order chi connectivity index (χ1) is 9.82. The molecule has 1 aromatic rings. The summed E-state index contributed by atoms with van der Waals surface area (Å²) < 4.78 is 43.9. The minimum absolute atomic E-state index is 0.0116. The fourth-order valence-corrected chi connectivity index (χ4v) is 2.50. The van der Waals surface area contributed by atoms with Gasteiger partial charge in [0.2, 0.25) is 0 Å².